The number of nitrogens with one attached hydrogen (secondary N) is 1. The van der Waals surface area contributed by atoms with Crippen molar-refractivity contribution in [2.24, 2.45) is 0 Å². The highest BCUT2D eigenvalue weighted by atomic mass is 32.2. The zero-order valence-electron chi connectivity index (χ0n) is 11.0. The molecule has 3 nitrogen and oxygen atoms in total. The zero-order valence-corrected chi connectivity index (χ0v) is 11.8. The average Bonchev–Trinajstić information content (AvgIpc) is 3.05. The molecular weight excluding hydrogens is 287 g/mol. The molecule has 1 aliphatic heterocycles. The minimum absolute atomic E-state index is 0.209. The monoisotopic (exact) mass is 303 g/mol. The normalized spacial score (nSPS) is 19.6. The third-order valence-corrected chi connectivity index (χ3v) is 5.12. The van der Waals surface area contributed by atoms with Gasteiger partial charge in [0.2, 0.25) is 0 Å². The number of hydrogen-bond acceptors (Lipinski definition) is 4. The summed E-state index contributed by atoms with van der Waals surface area (Å²) >= 11 is 1.69. The van der Waals surface area contributed by atoms with Crippen molar-refractivity contribution in [1.29, 1.82) is 0 Å². The van der Waals surface area contributed by atoms with Crippen molar-refractivity contribution in [3.8, 4) is 0 Å². The standard InChI is InChI=1S/C13H16F3N3S/c14-13(15,16)12-9-5-17-6-10(9)18-11(19-12)7-20-8-3-1-2-4-8/h8,17H,1-7H2. The maximum absolute atomic E-state index is 13.0. The van der Waals surface area contributed by atoms with Crippen molar-refractivity contribution in [2.45, 2.75) is 56.0 Å². The van der Waals surface area contributed by atoms with Crippen LogP contribution in [0.2, 0.25) is 0 Å². The molecule has 2 heterocycles. The highest BCUT2D eigenvalue weighted by molar-refractivity contribution is 7.99. The SMILES string of the molecule is FC(F)(F)c1nc(CSC2CCCC2)nc2c1CNC2. The first-order valence-electron chi connectivity index (χ1n) is 6.82. The van der Waals surface area contributed by atoms with E-state index in [1.54, 1.807) is 11.8 Å². The van der Waals surface area contributed by atoms with E-state index in [9.17, 15) is 13.2 Å². The summed E-state index contributed by atoms with van der Waals surface area (Å²) in [6.07, 6.45) is 0.360. The summed E-state index contributed by atoms with van der Waals surface area (Å²) in [5, 5.41) is 3.47. The topological polar surface area (TPSA) is 37.8 Å². The minimum Gasteiger partial charge on any atom is -0.307 e. The van der Waals surface area contributed by atoms with Gasteiger partial charge in [0.15, 0.2) is 5.69 Å². The second-order valence-electron chi connectivity index (χ2n) is 5.23. The van der Waals surface area contributed by atoms with Crippen molar-refractivity contribution < 1.29 is 13.2 Å². The summed E-state index contributed by atoms with van der Waals surface area (Å²) < 4.78 is 39.1. The lowest BCUT2D eigenvalue weighted by atomic mass is 10.2. The van der Waals surface area contributed by atoms with Gasteiger partial charge < -0.3 is 5.32 Å². The Hall–Kier alpha value is -0.820. The fourth-order valence-corrected chi connectivity index (χ4v) is 3.95. The molecule has 3 rings (SSSR count). The smallest absolute Gasteiger partial charge is 0.307 e. The molecule has 1 fully saturated rings. The largest absolute Gasteiger partial charge is 0.433 e. The Balaban J connectivity index is 1.81. The number of rotatable bonds is 3. The number of thioether (sulfide) groups is 1. The Bertz CT molecular complexity index is 498. The molecule has 0 radical (unpaired) electrons. The van der Waals surface area contributed by atoms with E-state index in [2.05, 4.69) is 15.3 Å². The number of hydrogen-bond donors (Lipinski definition) is 1. The molecule has 0 atom stereocenters. The average molecular weight is 303 g/mol. The Morgan fingerprint density at radius 1 is 1.15 bits per heavy atom. The molecule has 2 aliphatic rings. The van der Waals surface area contributed by atoms with Gasteiger partial charge in [0.25, 0.3) is 0 Å². The van der Waals surface area contributed by atoms with Crippen LogP contribution in [0.3, 0.4) is 0 Å². The van der Waals surface area contributed by atoms with E-state index in [0.717, 1.165) is 12.8 Å². The predicted octanol–water partition coefficient (Wildman–Crippen LogP) is 3.27. The summed E-state index contributed by atoms with van der Waals surface area (Å²) in [5.41, 5.74) is -0.0315. The molecule has 1 aromatic rings. The maximum Gasteiger partial charge on any atom is 0.433 e. The molecular formula is C13H16F3N3S. The highest BCUT2D eigenvalue weighted by Crippen LogP contribution is 2.35. The predicted molar refractivity (Wildman–Crippen MR) is 71.1 cm³/mol. The third kappa shape index (κ3) is 2.93. The van der Waals surface area contributed by atoms with Gasteiger partial charge in [-0.15, -0.1) is 0 Å². The van der Waals surface area contributed by atoms with E-state index >= 15 is 0 Å². The van der Waals surface area contributed by atoms with Gasteiger partial charge >= 0.3 is 6.18 Å². The molecule has 0 spiro atoms. The van der Waals surface area contributed by atoms with Gasteiger partial charge in [-0.05, 0) is 12.8 Å². The first kappa shape index (κ1) is 14.1. The lowest BCUT2D eigenvalue weighted by Crippen LogP contribution is -2.15. The van der Waals surface area contributed by atoms with E-state index in [1.165, 1.54) is 12.8 Å². The van der Waals surface area contributed by atoms with Gasteiger partial charge in [-0.25, -0.2) is 9.97 Å². The van der Waals surface area contributed by atoms with Gasteiger partial charge in [0, 0.05) is 23.9 Å². The first-order valence-corrected chi connectivity index (χ1v) is 7.87. The van der Waals surface area contributed by atoms with E-state index in [4.69, 9.17) is 0 Å². The second-order valence-corrected chi connectivity index (χ2v) is 6.52. The molecule has 1 aromatic heterocycles. The lowest BCUT2D eigenvalue weighted by Gasteiger charge is -2.13. The van der Waals surface area contributed by atoms with Crippen LogP contribution in [0.25, 0.3) is 0 Å². The van der Waals surface area contributed by atoms with Gasteiger partial charge in [0.05, 0.1) is 11.4 Å². The highest BCUT2D eigenvalue weighted by Gasteiger charge is 2.38. The van der Waals surface area contributed by atoms with Crippen LogP contribution in [-0.2, 0) is 25.0 Å². The maximum atomic E-state index is 13.0. The van der Waals surface area contributed by atoms with Crippen molar-refractivity contribution in [2.75, 3.05) is 0 Å². The molecule has 0 aromatic carbocycles. The summed E-state index contributed by atoms with van der Waals surface area (Å²) in [7, 11) is 0. The Labute approximate surface area is 119 Å². The Kier molecular flexibility index (Phi) is 3.90. The molecule has 0 unspecified atom stereocenters. The van der Waals surface area contributed by atoms with Gasteiger partial charge in [0.1, 0.15) is 5.82 Å². The van der Waals surface area contributed by atoms with Crippen LogP contribution in [0.5, 0.6) is 0 Å². The number of nitrogens with zero attached hydrogens (tertiary/aromatic N) is 2. The van der Waals surface area contributed by atoms with E-state index < -0.39 is 11.9 Å². The fourth-order valence-electron chi connectivity index (χ4n) is 2.77. The van der Waals surface area contributed by atoms with Gasteiger partial charge in [-0.3, -0.25) is 0 Å². The molecule has 1 saturated carbocycles. The Morgan fingerprint density at radius 2 is 1.90 bits per heavy atom. The molecule has 110 valence electrons. The van der Waals surface area contributed by atoms with Crippen molar-refractivity contribution in [3.05, 3.63) is 22.8 Å². The number of aromatic nitrogens is 2. The molecule has 7 heteroatoms. The van der Waals surface area contributed by atoms with E-state index in [1.807, 2.05) is 0 Å². The quantitative estimate of drug-likeness (QED) is 0.930. The van der Waals surface area contributed by atoms with Crippen LogP contribution in [0.4, 0.5) is 13.2 Å². The van der Waals surface area contributed by atoms with Crippen molar-refractivity contribution in [3.63, 3.8) is 0 Å². The Morgan fingerprint density at radius 3 is 2.60 bits per heavy atom. The number of halogens is 3. The molecule has 0 amide bonds. The van der Waals surface area contributed by atoms with Gasteiger partial charge in [-0.1, -0.05) is 12.8 Å². The van der Waals surface area contributed by atoms with Crippen LogP contribution in [0.1, 0.15) is 48.5 Å². The second kappa shape index (κ2) is 5.52. The minimum atomic E-state index is -4.40. The summed E-state index contributed by atoms with van der Waals surface area (Å²) in [5.74, 6) is 0.790. The van der Waals surface area contributed by atoms with Crippen LogP contribution < -0.4 is 5.32 Å². The molecule has 0 saturated heterocycles. The molecule has 1 N–H and O–H groups in total. The van der Waals surface area contributed by atoms with Crippen LogP contribution in [-0.4, -0.2) is 15.2 Å². The van der Waals surface area contributed by atoms with E-state index in [-0.39, 0.29) is 12.1 Å². The van der Waals surface area contributed by atoms with Crippen LogP contribution >= 0.6 is 11.8 Å². The summed E-state index contributed by atoms with van der Waals surface area (Å²) in [4.78, 5) is 8.07. The lowest BCUT2D eigenvalue weighted by molar-refractivity contribution is -0.142. The van der Waals surface area contributed by atoms with Gasteiger partial charge in [-0.2, -0.15) is 24.9 Å². The van der Waals surface area contributed by atoms with Crippen LogP contribution in [0.15, 0.2) is 0 Å². The molecule has 1 aliphatic carbocycles. The fraction of sp³-hybridized carbons (Fsp3) is 0.692. The van der Waals surface area contributed by atoms with Crippen molar-refractivity contribution >= 4 is 11.8 Å². The zero-order chi connectivity index (χ0) is 14.2. The number of alkyl halides is 3. The summed E-state index contributed by atoms with van der Waals surface area (Å²) in [6.45, 7) is 0.613. The third-order valence-electron chi connectivity index (χ3n) is 3.75. The molecule has 0 bridgehead atoms. The van der Waals surface area contributed by atoms with Crippen molar-refractivity contribution in [1.82, 2.24) is 15.3 Å². The van der Waals surface area contributed by atoms with Crippen LogP contribution in [0, 0.1) is 0 Å². The van der Waals surface area contributed by atoms with E-state index in [0.29, 0.717) is 29.1 Å². The summed E-state index contributed by atoms with van der Waals surface area (Å²) in [6, 6.07) is 0. The number of fused-ring (bicyclic) bond motifs is 1. The first-order chi connectivity index (χ1) is 9.54. The molecule has 20 heavy (non-hydrogen) atoms.